The zero-order chi connectivity index (χ0) is 24.0. The Hall–Kier alpha value is -3.74. The summed E-state index contributed by atoms with van der Waals surface area (Å²) in [6, 6.07) is 2.01. The van der Waals surface area contributed by atoms with Gasteiger partial charge in [-0.25, -0.2) is 4.79 Å². The molecular weight excluding hydrogens is 424 g/mol. The summed E-state index contributed by atoms with van der Waals surface area (Å²) in [7, 11) is 1.47. The number of anilines is 2. The first kappa shape index (κ1) is 24.5. The lowest BCUT2D eigenvalue weighted by Crippen LogP contribution is -2.44. The fourth-order valence-electron chi connectivity index (χ4n) is 3.09. The molecule has 0 spiro atoms. The van der Waals surface area contributed by atoms with E-state index in [2.05, 4.69) is 4.98 Å². The first-order valence-corrected chi connectivity index (χ1v) is 9.83. The fraction of sp³-hybridized carbons (Fsp3) is 0.474. The molecule has 13 heteroatoms. The molecule has 174 valence electrons. The molecule has 0 saturated carbocycles. The smallest absolute Gasteiger partial charge is 0.330 e. The van der Waals surface area contributed by atoms with Crippen LogP contribution in [0.25, 0.3) is 0 Å². The van der Waals surface area contributed by atoms with Crippen molar-refractivity contribution in [3.63, 3.8) is 0 Å². The highest BCUT2D eigenvalue weighted by molar-refractivity contribution is 5.95. The van der Waals surface area contributed by atoms with Crippen molar-refractivity contribution >= 4 is 23.1 Å². The molecule has 3 N–H and O–H groups in total. The summed E-state index contributed by atoms with van der Waals surface area (Å²) in [6.45, 7) is 3.61. The van der Waals surface area contributed by atoms with Gasteiger partial charge in [-0.2, -0.15) is 0 Å². The van der Waals surface area contributed by atoms with Crippen LogP contribution < -0.4 is 27.4 Å². The van der Waals surface area contributed by atoms with Gasteiger partial charge >= 0.3 is 5.69 Å². The van der Waals surface area contributed by atoms with Crippen molar-refractivity contribution in [2.24, 2.45) is 5.92 Å². The largest absolute Gasteiger partial charge is 0.385 e. The number of ether oxygens (including phenoxy) is 1. The van der Waals surface area contributed by atoms with Gasteiger partial charge in [0.15, 0.2) is 5.69 Å². The number of aromatic nitrogens is 3. The molecule has 2 heterocycles. The number of rotatable bonds is 10. The Kier molecular flexibility index (Phi) is 8.07. The molecule has 0 aliphatic rings. The van der Waals surface area contributed by atoms with E-state index in [0.29, 0.717) is 6.42 Å². The van der Waals surface area contributed by atoms with E-state index in [4.69, 9.17) is 10.5 Å². The molecule has 0 atom stereocenters. The van der Waals surface area contributed by atoms with Crippen LogP contribution in [0.4, 0.5) is 17.2 Å². The maximum atomic E-state index is 13.1. The number of nitrogens with zero attached hydrogens (tertiary/aromatic N) is 4. The summed E-state index contributed by atoms with van der Waals surface area (Å²) in [6.07, 6.45) is 1.27. The predicted octanol–water partition coefficient (Wildman–Crippen LogP) is -0.0856. The number of nitrogen functional groups attached to an aromatic ring is 1. The molecule has 0 unspecified atom stereocenters. The van der Waals surface area contributed by atoms with E-state index >= 15 is 0 Å². The molecular formula is C19H26N6O7. The average molecular weight is 450 g/mol. The number of nitrogens with two attached hydrogens (primary N) is 1. The number of carbonyl (C=O) groups is 1. The number of nitrogens with one attached hydrogen (secondary N) is 1. The number of carbonyl (C=O) groups excluding carboxylic acids is 1. The van der Waals surface area contributed by atoms with Crippen molar-refractivity contribution in [3.8, 4) is 0 Å². The molecule has 0 aliphatic heterocycles. The van der Waals surface area contributed by atoms with E-state index in [9.17, 15) is 29.3 Å². The third kappa shape index (κ3) is 5.69. The van der Waals surface area contributed by atoms with Crippen LogP contribution in [0, 0.1) is 16.0 Å². The van der Waals surface area contributed by atoms with Crippen LogP contribution in [-0.4, -0.2) is 45.2 Å². The maximum absolute atomic E-state index is 13.1. The Morgan fingerprint density at radius 2 is 2.00 bits per heavy atom. The number of amides is 1. The van der Waals surface area contributed by atoms with Crippen LogP contribution in [0.5, 0.6) is 0 Å². The number of H-pyrrole nitrogens is 1. The van der Waals surface area contributed by atoms with Crippen molar-refractivity contribution in [2.75, 3.05) is 30.9 Å². The van der Waals surface area contributed by atoms with E-state index in [-0.39, 0.29) is 42.8 Å². The Balaban J connectivity index is 2.54. The van der Waals surface area contributed by atoms with Gasteiger partial charge in [0, 0.05) is 38.9 Å². The van der Waals surface area contributed by atoms with Gasteiger partial charge in [-0.05, 0) is 12.3 Å². The van der Waals surface area contributed by atoms with E-state index in [1.54, 1.807) is 0 Å². The minimum Gasteiger partial charge on any atom is -0.385 e. The molecule has 2 rings (SSSR count). The van der Waals surface area contributed by atoms with Gasteiger partial charge in [-0.15, -0.1) is 0 Å². The van der Waals surface area contributed by atoms with Gasteiger partial charge in [0.25, 0.3) is 16.8 Å². The molecule has 2 aromatic heterocycles. The maximum Gasteiger partial charge on any atom is 0.330 e. The summed E-state index contributed by atoms with van der Waals surface area (Å²) in [5.41, 5.74) is 3.33. The van der Waals surface area contributed by atoms with Gasteiger partial charge < -0.3 is 15.4 Å². The fourth-order valence-corrected chi connectivity index (χ4v) is 3.09. The lowest BCUT2D eigenvalue weighted by Gasteiger charge is -2.25. The average Bonchev–Trinajstić information content (AvgIpc) is 2.71. The van der Waals surface area contributed by atoms with Gasteiger partial charge in [0.1, 0.15) is 12.4 Å². The van der Waals surface area contributed by atoms with Gasteiger partial charge in [0.05, 0.1) is 11.1 Å². The molecule has 1 amide bonds. The first-order valence-electron chi connectivity index (χ1n) is 9.83. The van der Waals surface area contributed by atoms with Crippen LogP contribution in [0.15, 0.2) is 32.7 Å². The molecule has 0 saturated heterocycles. The highest BCUT2D eigenvalue weighted by Gasteiger charge is 2.25. The number of hydrogen-bond donors (Lipinski definition) is 2. The second-order valence-electron chi connectivity index (χ2n) is 7.50. The summed E-state index contributed by atoms with van der Waals surface area (Å²) in [4.78, 5) is 63.6. The SMILES string of the molecule is COCCCN(C(=O)Cn1cc([N+](=O)[O-])ccc1=O)c1c(N)n(CC(C)C)c(=O)[nH]c1=O. The number of aromatic amines is 1. The number of pyridine rings is 1. The highest BCUT2D eigenvalue weighted by atomic mass is 16.6. The van der Waals surface area contributed by atoms with E-state index in [0.717, 1.165) is 32.4 Å². The summed E-state index contributed by atoms with van der Waals surface area (Å²) in [5.74, 6) is -0.880. The molecule has 0 fully saturated rings. The van der Waals surface area contributed by atoms with Crippen molar-refractivity contribution in [1.29, 1.82) is 0 Å². The Morgan fingerprint density at radius 3 is 2.59 bits per heavy atom. The van der Waals surface area contributed by atoms with Crippen LogP contribution in [0.2, 0.25) is 0 Å². The van der Waals surface area contributed by atoms with Crippen LogP contribution in [0.1, 0.15) is 20.3 Å². The molecule has 32 heavy (non-hydrogen) atoms. The molecule has 0 bridgehead atoms. The zero-order valence-electron chi connectivity index (χ0n) is 18.1. The molecule has 0 aliphatic carbocycles. The minimum absolute atomic E-state index is 0.00349. The number of methoxy groups -OCH3 is 1. The second-order valence-corrected chi connectivity index (χ2v) is 7.50. The Morgan fingerprint density at radius 1 is 1.31 bits per heavy atom. The lowest BCUT2D eigenvalue weighted by atomic mass is 10.2. The van der Waals surface area contributed by atoms with Crippen molar-refractivity contribution < 1.29 is 14.5 Å². The number of nitro groups is 1. The number of hydrogen-bond acceptors (Lipinski definition) is 8. The Labute approximate surface area is 182 Å². The molecule has 0 radical (unpaired) electrons. The predicted molar refractivity (Wildman–Crippen MR) is 117 cm³/mol. The summed E-state index contributed by atoms with van der Waals surface area (Å²) < 4.78 is 7.04. The minimum atomic E-state index is -0.857. The van der Waals surface area contributed by atoms with Crippen molar-refractivity contribution in [1.82, 2.24) is 14.1 Å². The van der Waals surface area contributed by atoms with Crippen LogP contribution in [-0.2, 0) is 22.6 Å². The monoisotopic (exact) mass is 450 g/mol. The molecule has 13 nitrogen and oxygen atoms in total. The van der Waals surface area contributed by atoms with Crippen LogP contribution in [0.3, 0.4) is 0 Å². The van der Waals surface area contributed by atoms with E-state index < -0.39 is 34.2 Å². The van der Waals surface area contributed by atoms with Crippen molar-refractivity contribution in [3.05, 3.63) is 59.6 Å². The van der Waals surface area contributed by atoms with E-state index in [1.807, 2.05) is 13.8 Å². The highest BCUT2D eigenvalue weighted by Crippen LogP contribution is 2.19. The van der Waals surface area contributed by atoms with E-state index in [1.165, 1.54) is 7.11 Å². The van der Waals surface area contributed by atoms with Crippen LogP contribution >= 0.6 is 0 Å². The first-order chi connectivity index (χ1) is 15.1. The topological polar surface area (TPSA) is 176 Å². The van der Waals surface area contributed by atoms with Gasteiger partial charge in [-0.3, -0.25) is 38.6 Å². The van der Waals surface area contributed by atoms with Gasteiger partial charge in [-0.1, -0.05) is 13.8 Å². The van der Waals surface area contributed by atoms with Crippen molar-refractivity contribution in [2.45, 2.75) is 33.4 Å². The lowest BCUT2D eigenvalue weighted by molar-refractivity contribution is -0.385. The summed E-state index contributed by atoms with van der Waals surface area (Å²) in [5, 5.41) is 11.0. The standard InChI is InChI=1S/C19H26N6O7/c1-12(2)9-24-17(20)16(18(28)21-19(24)29)23(7-4-8-32-3)15(27)11-22-10-13(25(30)31)5-6-14(22)26/h5-6,10,12H,4,7-9,11,20H2,1-3H3,(H,21,28,29). The zero-order valence-corrected chi connectivity index (χ0v) is 18.1. The molecule has 0 aromatic carbocycles. The molecule has 2 aromatic rings. The third-order valence-electron chi connectivity index (χ3n) is 4.55. The normalized spacial score (nSPS) is 11.0. The second kappa shape index (κ2) is 10.5. The van der Waals surface area contributed by atoms with Gasteiger partial charge in [0.2, 0.25) is 5.91 Å². The quantitative estimate of drug-likeness (QED) is 0.287. The third-order valence-corrected chi connectivity index (χ3v) is 4.55. The Bertz CT molecular complexity index is 1160. The summed E-state index contributed by atoms with van der Waals surface area (Å²) >= 11 is 0.